The molecule has 2 fully saturated rings. The Hall–Kier alpha value is -2.90. The molecule has 7 heteroatoms. The van der Waals surface area contributed by atoms with Gasteiger partial charge < -0.3 is 14.2 Å². The van der Waals surface area contributed by atoms with Crippen LogP contribution >= 0.6 is 0 Å². The Kier molecular flexibility index (Phi) is 7.87. The van der Waals surface area contributed by atoms with Gasteiger partial charge in [-0.25, -0.2) is 4.98 Å². The van der Waals surface area contributed by atoms with E-state index in [0.29, 0.717) is 5.91 Å². The molecular formula is C29H39N5O2. The summed E-state index contributed by atoms with van der Waals surface area (Å²) in [5.41, 5.74) is 3.42. The number of carbonyl (C=O) groups is 1. The second kappa shape index (κ2) is 11.4. The molecule has 0 saturated carbocycles. The minimum Gasteiger partial charge on any atom is -0.497 e. The van der Waals surface area contributed by atoms with Crippen LogP contribution in [0.5, 0.6) is 5.75 Å². The fraction of sp³-hybridized carbons (Fsp3) is 0.517. The van der Waals surface area contributed by atoms with E-state index < -0.39 is 0 Å². The molecule has 0 bridgehead atoms. The van der Waals surface area contributed by atoms with Crippen LogP contribution < -0.4 is 4.74 Å². The second-order valence-electron chi connectivity index (χ2n) is 10.2. The van der Waals surface area contributed by atoms with E-state index in [2.05, 4.69) is 62.6 Å². The first-order chi connectivity index (χ1) is 17.6. The van der Waals surface area contributed by atoms with Gasteiger partial charge in [-0.15, -0.1) is 0 Å². The number of aromatic nitrogens is 2. The number of hydrogen-bond donors (Lipinski definition) is 0. The lowest BCUT2D eigenvalue weighted by Crippen LogP contribution is -2.51. The zero-order valence-corrected chi connectivity index (χ0v) is 21.7. The second-order valence-corrected chi connectivity index (χ2v) is 10.2. The Morgan fingerprint density at radius 2 is 1.64 bits per heavy atom. The number of imidazole rings is 1. The van der Waals surface area contributed by atoms with Crippen molar-refractivity contribution in [2.24, 2.45) is 5.92 Å². The monoisotopic (exact) mass is 489 g/mol. The van der Waals surface area contributed by atoms with E-state index in [9.17, 15) is 4.79 Å². The van der Waals surface area contributed by atoms with Gasteiger partial charge in [0.1, 0.15) is 11.6 Å². The highest BCUT2D eigenvalue weighted by molar-refractivity contribution is 5.79. The van der Waals surface area contributed by atoms with Crippen molar-refractivity contribution >= 4 is 16.9 Å². The van der Waals surface area contributed by atoms with E-state index in [0.717, 1.165) is 94.4 Å². The molecule has 1 aromatic heterocycles. The molecule has 2 saturated heterocycles. The quantitative estimate of drug-likeness (QED) is 0.481. The highest BCUT2D eigenvalue weighted by atomic mass is 16.5. The van der Waals surface area contributed by atoms with E-state index in [4.69, 9.17) is 9.72 Å². The fourth-order valence-electron chi connectivity index (χ4n) is 5.64. The summed E-state index contributed by atoms with van der Waals surface area (Å²) >= 11 is 0. The molecule has 5 rings (SSSR count). The normalized spacial score (nSPS) is 18.1. The summed E-state index contributed by atoms with van der Waals surface area (Å²) in [5, 5.41) is 0. The summed E-state index contributed by atoms with van der Waals surface area (Å²) in [6, 6.07) is 16.6. The molecule has 192 valence electrons. The van der Waals surface area contributed by atoms with E-state index >= 15 is 0 Å². The molecule has 3 aromatic rings. The smallest absolute Gasteiger partial charge is 0.225 e. The van der Waals surface area contributed by atoms with Crippen LogP contribution in [0.3, 0.4) is 0 Å². The molecule has 1 amide bonds. The highest BCUT2D eigenvalue weighted by Gasteiger charge is 2.30. The molecule has 0 radical (unpaired) electrons. The number of ether oxygens (including phenoxy) is 1. The van der Waals surface area contributed by atoms with Gasteiger partial charge in [0.15, 0.2) is 0 Å². The Morgan fingerprint density at radius 1 is 0.917 bits per heavy atom. The summed E-state index contributed by atoms with van der Waals surface area (Å²) in [5.74, 6) is 2.49. The van der Waals surface area contributed by atoms with Crippen LogP contribution in [-0.4, -0.2) is 83.1 Å². The van der Waals surface area contributed by atoms with Crippen molar-refractivity contribution in [3.05, 3.63) is 59.9 Å². The van der Waals surface area contributed by atoms with E-state index in [1.165, 1.54) is 12.0 Å². The maximum atomic E-state index is 13.2. The van der Waals surface area contributed by atoms with E-state index in [-0.39, 0.29) is 5.92 Å². The van der Waals surface area contributed by atoms with Crippen molar-refractivity contribution in [2.45, 2.75) is 39.3 Å². The lowest BCUT2D eigenvalue weighted by molar-refractivity contribution is -0.138. The molecule has 3 heterocycles. The molecule has 2 aromatic carbocycles. The van der Waals surface area contributed by atoms with Crippen LogP contribution in [0.15, 0.2) is 48.5 Å². The molecule has 0 N–H and O–H groups in total. The summed E-state index contributed by atoms with van der Waals surface area (Å²) in [6.45, 7) is 10.6. The molecule has 0 spiro atoms. The zero-order valence-electron chi connectivity index (χ0n) is 21.7. The highest BCUT2D eigenvalue weighted by Crippen LogP contribution is 2.24. The first-order valence-corrected chi connectivity index (χ1v) is 13.4. The van der Waals surface area contributed by atoms with E-state index in [1.54, 1.807) is 7.11 Å². The predicted octanol–water partition coefficient (Wildman–Crippen LogP) is 3.86. The molecule has 0 aliphatic carbocycles. The third kappa shape index (κ3) is 5.57. The number of carbonyl (C=O) groups excluding carboxylic acids is 1. The number of piperidine rings is 1. The molecular weight excluding hydrogens is 450 g/mol. The minimum absolute atomic E-state index is 0.164. The fourth-order valence-corrected chi connectivity index (χ4v) is 5.64. The van der Waals surface area contributed by atoms with Gasteiger partial charge in [0.05, 0.1) is 24.7 Å². The van der Waals surface area contributed by atoms with Crippen LogP contribution in [0.2, 0.25) is 0 Å². The Morgan fingerprint density at radius 3 is 2.33 bits per heavy atom. The van der Waals surface area contributed by atoms with E-state index in [1.807, 2.05) is 12.1 Å². The van der Waals surface area contributed by atoms with Gasteiger partial charge in [0.25, 0.3) is 0 Å². The number of nitrogens with zero attached hydrogens (tertiary/aromatic N) is 5. The summed E-state index contributed by atoms with van der Waals surface area (Å²) in [7, 11) is 1.70. The van der Waals surface area contributed by atoms with Crippen molar-refractivity contribution < 1.29 is 9.53 Å². The van der Waals surface area contributed by atoms with Crippen LogP contribution in [0, 0.1) is 5.92 Å². The lowest BCUT2D eigenvalue weighted by Gasteiger charge is -2.38. The number of likely N-dealkylation sites (tertiary alicyclic amines) is 1. The van der Waals surface area contributed by atoms with Crippen molar-refractivity contribution in [3.63, 3.8) is 0 Å². The number of methoxy groups -OCH3 is 1. The topological polar surface area (TPSA) is 53.8 Å². The first kappa shape index (κ1) is 24.8. The van der Waals surface area contributed by atoms with Gasteiger partial charge >= 0.3 is 0 Å². The first-order valence-electron chi connectivity index (χ1n) is 13.4. The van der Waals surface area contributed by atoms with Gasteiger partial charge in [-0.3, -0.25) is 14.6 Å². The summed E-state index contributed by atoms with van der Waals surface area (Å²) < 4.78 is 7.66. The molecule has 2 aliphatic heterocycles. The van der Waals surface area contributed by atoms with Gasteiger partial charge in [-0.1, -0.05) is 31.2 Å². The van der Waals surface area contributed by atoms with Crippen LogP contribution in [0.1, 0.15) is 37.6 Å². The Balaban J connectivity index is 1.21. The van der Waals surface area contributed by atoms with Gasteiger partial charge in [0, 0.05) is 38.6 Å². The number of hydrogen-bond acceptors (Lipinski definition) is 5. The summed E-state index contributed by atoms with van der Waals surface area (Å²) in [6.07, 6.45) is 3.06. The number of fused-ring (bicyclic) bond motifs is 1. The van der Waals surface area contributed by atoms with Gasteiger partial charge in [-0.2, -0.15) is 0 Å². The number of piperazine rings is 1. The van der Waals surface area contributed by atoms with Crippen molar-refractivity contribution in [1.29, 1.82) is 0 Å². The molecule has 36 heavy (non-hydrogen) atoms. The maximum absolute atomic E-state index is 13.2. The third-order valence-corrected chi connectivity index (χ3v) is 7.76. The average Bonchev–Trinajstić information content (AvgIpc) is 3.26. The van der Waals surface area contributed by atoms with Crippen LogP contribution in [0.25, 0.3) is 11.0 Å². The molecule has 0 unspecified atom stereocenters. The predicted molar refractivity (Wildman–Crippen MR) is 143 cm³/mol. The Labute approximate surface area is 214 Å². The molecule has 0 atom stereocenters. The van der Waals surface area contributed by atoms with Crippen LogP contribution in [0.4, 0.5) is 0 Å². The van der Waals surface area contributed by atoms with Gasteiger partial charge in [-0.05, 0) is 68.7 Å². The average molecular weight is 490 g/mol. The van der Waals surface area contributed by atoms with Crippen molar-refractivity contribution in [3.8, 4) is 5.75 Å². The third-order valence-electron chi connectivity index (χ3n) is 7.76. The number of benzene rings is 2. The maximum Gasteiger partial charge on any atom is 0.225 e. The lowest BCUT2D eigenvalue weighted by atomic mass is 9.95. The molecule has 7 nitrogen and oxygen atoms in total. The number of para-hydroxylation sites is 2. The van der Waals surface area contributed by atoms with Crippen molar-refractivity contribution in [1.82, 2.24) is 24.3 Å². The standard InChI is InChI=1S/C29H39N5O2/c1-3-14-31-17-19-33(20-18-31)29(35)24-12-15-32(16-13-24)22-28-30-26-6-4-5-7-27(26)34(28)21-23-8-10-25(36-2)11-9-23/h4-11,24H,3,12-22H2,1-2H3. The minimum atomic E-state index is 0.164. The number of amides is 1. The Bertz CT molecular complexity index is 1140. The van der Waals surface area contributed by atoms with Gasteiger partial charge in [0.2, 0.25) is 5.91 Å². The van der Waals surface area contributed by atoms with Crippen molar-refractivity contribution in [2.75, 3.05) is 52.9 Å². The molecule has 2 aliphatic rings. The summed E-state index contributed by atoms with van der Waals surface area (Å²) in [4.78, 5) is 25.2. The zero-order chi connectivity index (χ0) is 24.9. The SMILES string of the molecule is CCCN1CCN(C(=O)C2CCN(Cc3nc4ccccc4n3Cc3ccc(OC)cc3)CC2)CC1. The largest absolute Gasteiger partial charge is 0.497 e. The van der Waals surface area contributed by atoms with Crippen LogP contribution in [-0.2, 0) is 17.9 Å². The number of rotatable bonds is 8.